The van der Waals surface area contributed by atoms with Gasteiger partial charge in [0.1, 0.15) is 6.29 Å². The Morgan fingerprint density at radius 2 is 1.56 bits per heavy atom. The highest BCUT2D eigenvalue weighted by Gasteiger charge is 1.99. The predicted molar refractivity (Wildman–Crippen MR) is 71.5 cm³/mol. The minimum Gasteiger partial charge on any atom is -0.303 e. The molecule has 0 fully saturated rings. The van der Waals surface area contributed by atoms with Gasteiger partial charge in [-0.2, -0.15) is 0 Å². The maximum Gasteiger partial charge on any atom is 0.120 e. The Balaban J connectivity index is 3.49. The molecule has 0 radical (unpaired) electrons. The molecule has 0 aliphatic carbocycles. The normalized spacial score (nSPS) is 15.2. The van der Waals surface area contributed by atoms with Crippen molar-refractivity contribution in [2.24, 2.45) is 11.8 Å². The minimum atomic E-state index is 0.403. The van der Waals surface area contributed by atoms with Crippen LogP contribution in [0, 0.1) is 11.8 Å². The van der Waals surface area contributed by atoms with Crippen LogP contribution in [-0.4, -0.2) is 6.29 Å². The second-order valence-electron chi connectivity index (χ2n) is 4.94. The van der Waals surface area contributed by atoms with Crippen molar-refractivity contribution in [3.63, 3.8) is 0 Å². The summed E-state index contributed by atoms with van der Waals surface area (Å²) in [5.41, 5.74) is 0. The summed E-state index contributed by atoms with van der Waals surface area (Å²) in [6, 6.07) is 0. The van der Waals surface area contributed by atoms with Crippen LogP contribution in [0.25, 0.3) is 0 Å². The van der Waals surface area contributed by atoms with E-state index in [1.807, 2.05) is 0 Å². The van der Waals surface area contributed by atoms with E-state index in [1.165, 1.54) is 38.5 Å². The van der Waals surface area contributed by atoms with Crippen LogP contribution in [0.1, 0.15) is 65.7 Å². The molecule has 0 aromatic rings. The van der Waals surface area contributed by atoms with Crippen molar-refractivity contribution in [1.29, 1.82) is 0 Å². The molecular formula is C15H28O. The Labute approximate surface area is 101 Å². The molecule has 0 aliphatic heterocycles. The number of rotatable bonds is 10. The lowest BCUT2D eigenvalue weighted by atomic mass is 9.99. The quantitative estimate of drug-likeness (QED) is 0.297. The van der Waals surface area contributed by atoms with Crippen molar-refractivity contribution in [2.75, 3.05) is 0 Å². The Hall–Kier alpha value is -0.590. The largest absolute Gasteiger partial charge is 0.303 e. The van der Waals surface area contributed by atoms with Crippen molar-refractivity contribution < 1.29 is 4.79 Å². The van der Waals surface area contributed by atoms with E-state index >= 15 is 0 Å². The second kappa shape index (κ2) is 10.9. The molecule has 0 aromatic carbocycles. The lowest BCUT2D eigenvalue weighted by Crippen LogP contribution is -1.94. The number of allylic oxidation sites excluding steroid dienone is 2. The third kappa shape index (κ3) is 9.95. The van der Waals surface area contributed by atoms with E-state index in [2.05, 4.69) is 32.9 Å². The standard InChI is InChI=1S/C15H28O/c1-4-5-6-7-8-9-14(2)10-11-15(3)12-13-16/h10-11,13-15H,4-9,12H2,1-3H3. The van der Waals surface area contributed by atoms with E-state index < -0.39 is 0 Å². The van der Waals surface area contributed by atoms with E-state index in [0.29, 0.717) is 18.3 Å². The summed E-state index contributed by atoms with van der Waals surface area (Å²) in [4.78, 5) is 10.3. The Bertz CT molecular complexity index is 184. The van der Waals surface area contributed by atoms with Crippen molar-refractivity contribution >= 4 is 6.29 Å². The monoisotopic (exact) mass is 224 g/mol. The van der Waals surface area contributed by atoms with E-state index in [-0.39, 0.29) is 0 Å². The molecule has 16 heavy (non-hydrogen) atoms. The molecule has 0 aromatic heterocycles. The van der Waals surface area contributed by atoms with Gasteiger partial charge < -0.3 is 4.79 Å². The Morgan fingerprint density at radius 3 is 2.19 bits per heavy atom. The first kappa shape index (κ1) is 15.4. The lowest BCUT2D eigenvalue weighted by Gasteiger charge is -2.07. The Morgan fingerprint density at radius 1 is 0.938 bits per heavy atom. The van der Waals surface area contributed by atoms with Crippen LogP contribution < -0.4 is 0 Å². The molecule has 2 unspecified atom stereocenters. The summed E-state index contributed by atoms with van der Waals surface area (Å²) in [5.74, 6) is 1.07. The maximum absolute atomic E-state index is 10.3. The molecule has 94 valence electrons. The number of hydrogen-bond acceptors (Lipinski definition) is 1. The summed E-state index contributed by atoms with van der Waals surface area (Å²) >= 11 is 0. The fourth-order valence-corrected chi connectivity index (χ4v) is 1.78. The zero-order valence-electron chi connectivity index (χ0n) is 11.2. The van der Waals surface area contributed by atoms with Crippen molar-refractivity contribution in [2.45, 2.75) is 65.7 Å². The Kier molecular flexibility index (Phi) is 10.5. The van der Waals surface area contributed by atoms with Crippen molar-refractivity contribution in [3.05, 3.63) is 12.2 Å². The molecule has 0 rings (SSSR count). The van der Waals surface area contributed by atoms with Crippen LogP contribution in [0.15, 0.2) is 12.2 Å². The fraction of sp³-hybridized carbons (Fsp3) is 0.800. The number of hydrogen-bond donors (Lipinski definition) is 0. The summed E-state index contributed by atoms with van der Waals surface area (Å²) in [6.07, 6.45) is 14.2. The van der Waals surface area contributed by atoms with E-state index in [9.17, 15) is 4.79 Å². The topological polar surface area (TPSA) is 17.1 Å². The molecule has 0 saturated carbocycles. The highest BCUT2D eigenvalue weighted by Crippen LogP contribution is 2.13. The van der Waals surface area contributed by atoms with Crippen molar-refractivity contribution in [1.82, 2.24) is 0 Å². The molecule has 0 aliphatic rings. The zero-order chi connectivity index (χ0) is 12.2. The molecule has 2 atom stereocenters. The smallest absolute Gasteiger partial charge is 0.120 e. The predicted octanol–water partition coefficient (Wildman–Crippen LogP) is 4.76. The highest BCUT2D eigenvalue weighted by molar-refractivity contribution is 5.50. The first-order valence-electron chi connectivity index (χ1n) is 6.82. The maximum atomic E-state index is 10.3. The van der Waals surface area contributed by atoms with Crippen LogP contribution in [0.3, 0.4) is 0 Å². The third-order valence-electron chi connectivity index (χ3n) is 3.00. The summed E-state index contributed by atoms with van der Waals surface area (Å²) in [6.45, 7) is 6.61. The van der Waals surface area contributed by atoms with Gasteiger partial charge in [0.2, 0.25) is 0 Å². The molecule has 0 amide bonds. The SMILES string of the molecule is CCCCCCCC(C)C=CC(C)CC=O. The number of carbonyl (C=O) groups is 1. The third-order valence-corrected chi connectivity index (χ3v) is 3.00. The first-order valence-corrected chi connectivity index (χ1v) is 6.82. The lowest BCUT2D eigenvalue weighted by molar-refractivity contribution is -0.108. The van der Waals surface area contributed by atoms with Gasteiger partial charge in [-0.15, -0.1) is 0 Å². The van der Waals surface area contributed by atoms with Gasteiger partial charge in [0.15, 0.2) is 0 Å². The van der Waals surface area contributed by atoms with Gasteiger partial charge in [-0.25, -0.2) is 0 Å². The van der Waals surface area contributed by atoms with E-state index in [0.717, 1.165) is 6.29 Å². The molecule has 0 saturated heterocycles. The number of unbranched alkanes of at least 4 members (excludes halogenated alkanes) is 4. The average molecular weight is 224 g/mol. The van der Waals surface area contributed by atoms with Gasteiger partial charge in [-0.05, 0) is 18.3 Å². The van der Waals surface area contributed by atoms with Crippen LogP contribution >= 0.6 is 0 Å². The van der Waals surface area contributed by atoms with Crippen LogP contribution in [0.5, 0.6) is 0 Å². The van der Waals surface area contributed by atoms with Gasteiger partial charge in [-0.1, -0.05) is 65.0 Å². The van der Waals surface area contributed by atoms with Crippen LogP contribution in [-0.2, 0) is 4.79 Å². The molecule has 0 N–H and O–H groups in total. The zero-order valence-corrected chi connectivity index (χ0v) is 11.2. The molecule has 0 bridgehead atoms. The molecule has 1 heteroatoms. The average Bonchev–Trinajstić information content (AvgIpc) is 2.26. The molecule has 1 nitrogen and oxygen atoms in total. The minimum absolute atomic E-state index is 0.403. The van der Waals surface area contributed by atoms with Crippen LogP contribution in [0.2, 0.25) is 0 Å². The van der Waals surface area contributed by atoms with Gasteiger partial charge in [-0.3, -0.25) is 0 Å². The van der Waals surface area contributed by atoms with Crippen LogP contribution in [0.4, 0.5) is 0 Å². The highest BCUT2D eigenvalue weighted by atomic mass is 16.1. The molecule has 0 spiro atoms. The second-order valence-corrected chi connectivity index (χ2v) is 4.94. The molecule has 0 heterocycles. The summed E-state index contributed by atoms with van der Waals surface area (Å²) < 4.78 is 0. The van der Waals surface area contributed by atoms with E-state index in [1.54, 1.807) is 0 Å². The van der Waals surface area contributed by atoms with Gasteiger partial charge >= 0.3 is 0 Å². The fourth-order valence-electron chi connectivity index (χ4n) is 1.78. The first-order chi connectivity index (χ1) is 7.70. The number of carbonyl (C=O) groups excluding carboxylic acids is 1. The van der Waals surface area contributed by atoms with E-state index in [4.69, 9.17) is 0 Å². The van der Waals surface area contributed by atoms with Gasteiger partial charge in [0, 0.05) is 6.42 Å². The van der Waals surface area contributed by atoms with Gasteiger partial charge in [0.05, 0.1) is 0 Å². The summed E-state index contributed by atoms with van der Waals surface area (Å²) in [5, 5.41) is 0. The van der Waals surface area contributed by atoms with Gasteiger partial charge in [0.25, 0.3) is 0 Å². The summed E-state index contributed by atoms with van der Waals surface area (Å²) in [7, 11) is 0. The molecular weight excluding hydrogens is 196 g/mol. The number of aldehydes is 1. The van der Waals surface area contributed by atoms with Crippen molar-refractivity contribution in [3.8, 4) is 0 Å².